The second-order valence-electron chi connectivity index (χ2n) is 8.05. The summed E-state index contributed by atoms with van der Waals surface area (Å²) in [6, 6.07) is 9.22. The van der Waals surface area contributed by atoms with Crippen molar-refractivity contribution in [3.8, 4) is 0 Å². The molecule has 0 radical (unpaired) electrons. The molecular formula is C20H29N3O3S. The number of aryl methyl sites for hydroxylation is 1. The van der Waals surface area contributed by atoms with E-state index in [4.69, 9.17) is 0 Å². The van der Waals surface area contributed by atoms with Crippen LogP contribution in [0.2, 0.25) is 0 Å². The lowest BCUT2D eigenvalue weighted by Gasteiger charge is -2.40. The highest BCUT2D eigenvalue weighted by Crippen LogP contribution is 2.36. The van der Waals surface area contributed by atoms with Gasteiger partial charge in [-0.15, -0.1) is 0 Å². The molecule has 3 aliphatic rings. The lowest BCUT2D eigenvalue weighted by atomic mass is 9.96. The van der Waals surface area contributed by atoms with Gasteiger partial charge >= 0.3 is 0 Å². The molecule has 0 N–H and O–H groups in total. The van der Waals surface area contributed by atoms with Crippen molar-refractivity contribution in [3.05, 3.63) is 35.4 Å². The summed E-state index contributed by atoms with van der Waals surface area (Å²) in [5.74, 6) is 0.191. The van der Waals surface area contributed by atoms with Crippen molar-refractivity contribution in [2.45, 2.75) is 31.7 Å². The summed E-state index contributed by atoms with van der Waals surface area (Å²) in [6.45, 7) is 4.34. The fraction of sp³-hybridized carbons (Fsp3) is 0.650. The Labute approximate surface area is 162 Å². The number of fused-ring (bicyclic) bond motifs is 1. The Morgan fingerprint density at radius 2 is 1.63 bits per heavy atom. The standard InChI is InChI=1S/C20H29N3O3S/c1-27(25,26)23-10-8-17(9-11-23)20(24)22-14-12-21(13-15-22)19-7-6-16-4-2-3-5-18(16)19/h2-5,17,19H,6-15H2,1H3. The van der Waals surface area contributed by atoms with Gasteiger partial charge in [0.05, 0.1) is 6.26 Å². The molecule has 6 nitrogen and oxygen atoms in total. The van der Waals surface area contributed by atoms with Crippen LogP contribution in [0.5, 0.6) is 0 Å². The van der Waals surface area contributed by atoms with Crippen molar-refractivity contribution in [2.24, 2.45) is 5.92 Å². The fourth-order valence-electron chi connectivity index (χ4n) is 4.86. The molecule has 0 bridgehead atoms. The quantitative estimate of drug-likeness (QED) is 0.783. The molecule has 7 heteroatoms. The predicted molar refractivity (Wildman–Crippen MR) is 105 cm³/mol. The number of benzene rings is 1. The monoisotopic (exact) mass is 391 g/mol. The smallest absolute Gasteiger partial charge is 0.225 e. The second-order valence-corrected chi connectivity index (χ2v) is 10.0. The second kappa shape index (κ2) is 7.53. The van der Waals surface area contributed by atoms with Crippen LogP contribution in [0, 0.1) is 5.92 Å². The molecule has 1 amide bonds. The van der Waals surface area contributed by atoms with Gasteiger partial charge in [-0.05, 0) is 36.8 Å². The molecule has 2 aliphatic heterocycles. The third-order valence-electron chi connectivity index (χ3n) is 6.44. The molecule has 2 fully saturated rings. The highest BCUT2D eigenvalue weighted by atomic mass is 32.2. The number of hydrogen-bond donors (Lipinski definition) is 0. The van der Waals surface area contributed by atoms with Crippen molar-refractivity contribution < 1.29 is 13.2 Å². The number of rotatable bonds is 3. The number of piperazine rings is 1. The topological polar surface area (TPSA) is 60.9 Å². The van der Waals surface area contributed by atoms with Crippen LogP contribution >= 0.6 is 0 Å². The number of nitrogens with zero attached hydrogens (tertiary/aromatic N) is 3. The number of piperidine rings is 1. The zero-order valence-electron chi connectivity index (χ0n) is 16.0. The Hall–Kier alpha value is -1.44. The van der Waals surface area contributed by atoms with Crippen LogP contribution in [0.15, 0.2) is 24.3 Å². The van der Waals surface area contributed by atoms with Crippen molar-refractivity contribution >= 4 is 15.9 Å². The highest BCUT2D eigenvalue weighted by Gasteiger charge is 2.35. The Kier molecular flexibility index (Phi) is 5.27. The van der Waals surface area contributed by atoms with Gasteiger partial charge in [-0.25, -0.2) is 12.7 Å². The Bertz CT molecular complexity index is 794. The summed E-state index contributed by atoms with van der Waals surface area (Å²) < 4.78 is 24.8. The van der Waals surface area contributed by atoms with E-state index in [1.54, 1.807) is 0 Å². The van der Waals surface area contributed by atoms with E-state index in [9.17, 15) is 13.2 Å². The van der Waals surface area contributed by atoms with Crippen LogP contribution in [0.3, 0.4) is 0 Å². The van der Waals surface area contributed by atoms with E-state index in [2.05, 4.69) is 29.2 Å². The zero-order valence-corrected chi connectivity index (χ0v) is 16.8. The molecule has 0 aromatic heterocycles. The molecule has 2 saturated heterocycles. The molecule has 4 rings (SSSR count). The lowest BCUT2D eigenvalue weighted by Crippen LogP contribution is -2.52. The van der Waals surface area contributed by atoms with Gasteiger partial charge in [0.1, 0.15) is 0 Å². The highest BCUT2D eigenvalue weighted by molar-refractivity contribution is 7.88. The Balaban J connectivity index is 1.30. The minimum absolute atomic E-state index is 0.0262. The number of hydrogen-bond acceptors (Lipinski definition) is 4. The number of amides is 1. The van der Waals surface area contributed by atoms with E-state index in [0.717, 1.165) is 32.6 Å². The lowest BCUT2D eigenvalue weighted by molar-refractivity contribution is -0.138. The molecule has 0 saturated carbocycles. The summed E-state index contributed by atoms with van der Waals surface area (Å²) in [5.41, 5.74) is 2.93. The first-order chi connectivity index (χ1) is 12.9. The summed E-state index contributed by atoms with van der Waals surface area (Å²) in [5, 5.41) is 0. The van der Waals surface area contributed by atoms with Gasteiger partial charge in [0.15, 0.2) is 0 Å². The SMILES string of the molecule is CS(=O)(=O)N1CCC(C(=O)N2CCN(C3CCc4ccccc43)CC2)CC1. The van der Waals surface area contributed by atoms with Gasteiger partial charge < -0.3 is 4.90 Å². The van der Waals surface area contributed by atoms with E-state index in [1.165, 1.54) is 28.1 Å². The maximum absolute atomic E-state index is 12.9. The maximum Gasteiger partial charge on any atom is 0.225 e. The number of carbonyl (C=O) groups is 1. The number of carbonyl (C=O) groups excluding carboxylic acids is 1. The Morgan fingerprint density at radius 1 is 0.963 bits per heavy atom. The minimum Gasteiger partial charge on any atom is -0.340 e. The van der Waals surface area contributed by atoms with Crippen molar-refractivity contribution in [3.63, 3.8) is 0 Å². The number of sulfonamides is 1. The molecular weight excluding hydrogens is 362 g/mol. The van der Waals surface area contributed by atoms with Crippen LogP contribution in [0.1, 0.15) is 36.4 Å². The van der Waals surface area contributed by atoms with Gasteiger partial charge in [0.2, 0.25) is 15.9 Å². The largest absolute Gasteiger partial charge is 0.340 e. The first-order valence-electron chi connectivity index (χ1n) is 9.99. The van der Waals surface area contributed by atoms with Crippen LogP contribution in [0.4, 0.5) is 0 Å². The van der Waals surface area contributed by atoms with Gasteiger partial charge in [-0.1, -0.05) is 24.3 Å². The van der Waals surface area contributed by atoms with Crippen molar-refractivity contribution in [1.29, 1.82) is 0 Å². The minimum atomic E-state index is -3.14. The summed E-state index contributed by atoms with van der Waals surface area (Å²) in [4.78, 5) is 17.4. The van der Waals surface area contributed by atoms with Gasteiger partial charge in [0, 0.05) is 51.2 Å². The molecule has 148 valence electrons. The summed E-state index contributed by atoms with van der Waals surface area (Å²) >= 11 is 0. The predicted octanol–water partition coefficient (Wildman–Crippen LogP) is 1.49. The third kappa shape index (κ3) is 3.91. The van der Waals surface area contributed by atoms with Crippen LogP contribution in [-0.2, 0) is 21.2 Å². The summed E-state index contributed by atoms with van der Waals surface area (Å²) in [6.07, 6.45) is 4.86. The molecule has 1 aliphatic carbocycles. The fourth-order valence-corrected chi connectivity index (χ4v) is 5.73. The van der Waals surface area contributed by atoms with E-state index in [0.29, 0.717) is 32.0 Å². The van der Waals surface area contributed by atoms with Gasteiger partial charge in [0.25, 0.3) is 0 Å². The van der Waals surface area contributed by atoms with Crippen LogP contribution < -0.4 is 0 Å². The van der Waals surface area contributed by atoms with Gasteiger partial charge in [-0.3, -0.25) is 9.69 Å². The molecule has 1 aromatic rings. The van der Waals surface area contributed by atoms with E-state index in [1.807, 2.05) is 4.90 Å². The molecule has 1 aromatic carbocycles. The maximum atomic E-state index is 12.9. The first-order valence-corrected chi connectivity index (χ1v) is 11.8. The van der Waals surface area contributed by atoms with E-state index in [-0.39, 0.29) is 11.8 Å². The van der Waals surface area contributed by atoms with Gasteiger partial charge in [-0.2, -0.15) is 0 Å². The summed E-state index contributed by atoms with van der Waals surface area (Å²) in [7, 11) is -3.14. The first kappa shape index (κ1) is 18.9. The Morgan fingerprint density at radius 3 is 2.30 bits per heavy atom. The molecule has 27 heavy (non-hydrogen) atoms. The molecule has 0 spiro atoms. The van der Waals surface area contributed by atoms with Crippen molar-refractivity contribution in [1.82, 2.24) is 14.1 Å². The third-order valence-corrected chi connectivity index (χ3v) is 7.74. The van der Waals surface area contributed by atoms with Crippen LogP contribution in [-0.4, -0.2) is 74.0 Å². The average molecular weight is 392 g/mol. The normalized spacial score (nSPS) is 25.5. The van der Waals surface area contributed by atoms with Crippen molar-refractivity contribution in [2.75, 3.05) is 45.5 Å². The zero-order chi connectivity index (χ0) is 19.0. The average Bonchev–Trinajstić information content (AvgIpc) is 3.11. The van der Waals surface area contributed by atoms with E-state index >= 15 is 0 Å². The molecule has 2 heterocycles. The molecule has 1 atom stereocenters. The van der Waals surface area contributed by atoms with E-state index < -0.39 is 10.0 Å². The van der Waals surface area contributed by atoms with Crippen LogP contribution in [0.25, 0.3) is 0 Å². The molecule has 1 unspecified atom stereocenters.